The summed E-state index contributed by atoms with van der Waals surface area (Å²) in [5.41, 5.74) is 0.794. The zero-order valence-electron chi connectivity index (χ0n) is 27.8. The highest BCUT2D eigenvalue weighted by Crippen LogP contribution is 2.31. The highest BCUT2D eigenvalue weighted by atomic mass is 16.5. The molecule has 47 heavy (non-hydrogen) atoms. The molecule has 2 N–H and O–H groups in total. The molecule has 1 unspecified atom stereocenters. The molecule has 1 heterocycles. The fourth-order valence-electron chi connectivity index (χ4n) is 5.07. The van der Waals surface area contributed by atoms with Crippen LogP contribution in [0.25, 0.3) is 0 Å². The van der Waals surface area contributed by atoms with Crippen molar-refractivity contribution in [2.45, 2.75) is 58.6 Å². The first-order valence-electron chi connectivity index (χ1n) is 15.6. The summed E-state index contributed by atoms with van der Waals surface area (Å²) in [4.78, 5) is 65.6. The Kier molecular flexibility index (Phi) is 13.5. The first-order valence-corrected chi connectivity index (χ1v) is 15.6. The molecule has 1 aliphatic rings. The number of ketones is 1. The molecule has 12 nitrogen and oxygen atoms in total. The van der Waals surface area contributed by atoms with Gasteiger partial charge in [-0.05, 0) is 68.5 Å². The standard InChI is InChI=1S/C35H45N3O9/c1-7-10-30(39)37-25-12-9-11-24(20-25)27(15-13-23-14-16-28(44-5)29(19-23)45-6)47-34(43)26-21-36-17-18-38(26)33(42)32(41)35(3,4)22-46-31(40)8-2/h8-9,11-12,14,16,19-20,26-27,36H,2,7,10,13,15,17-18,21-22H2,1,3-6H3,(H,37,39)/t26?,27-/m1/s1. The Morgan fingerprint density at radius 2 is 1.83 bits per heavy atom. The predicted molar refractivity (Wildman–Crippen MR) is 175 cm³/mol. The number of aryl methyl sites for hydroxylation is 1. The molecule has 1 aliphatic heterocycles. The molecule has 3 rings (SSSR count). The lowest BCUT2D eigenvalue weighted by Crippen LogP contribution is -2.60. The van der Waals surface area contributed by atoms with Gasteiger partial charge in [-0.25, -0.2) is 9.59 Å². The van der Waals surface area contributed by atoms with Crippen LogP contribution in [0.2, 0.25) is 0 Å². The van der Waals surface area contributed by atoms with Gasteiger partial charge in [0.15, 0.2) is 11.5 Å². The van der Waals surface area contributed by atoms with Gasteiger partial charge in [0.25, 0.3) is 5.91 Å². The molecule has 1 fully saturated rings. The number of hydrogen-bond donors (Lipinski definition) is 2. The minimum atomic E-state index is -1.33. The van der Waals surface area contributed by atoms with Crippen LogP contribution in [0.15, 0.2) is 55.1 Å². The SMILES string of the molecule is C=CC(=O)OCC(C)(C)C(=O)C(=O)N1CCNCC1C(=O)O[C@H](CCc1ccc(OC)c(OC)c1)c1cccc(NC(=O)CCC)c1. The molecule has 2 aromatic carbocycles. The van der Waals surface area contributed by atoms with Crippen LogP contribution in [0.4, 0.5) is 5.69 Å². The van der Waals surface area contributed by atoms with Crippen molar-refractivity contribution in [2.24, 2.45) is 5.41 Å². The van der Waals surface area contributed by atoms with Crippen LogP contribution in [0.5, 0.6) is 11.5 Å². The molecule has 0 radical (unpaired) electrons. The number of piperazine rings is 1. The van der Waals surface area contributed by atoms with Crippen molar-refractivity contribution >= 4 is 35.2 Å². The average Bonchev–Trinajstić information content (AvgIpc) is 3.08. The average molecular weight is 652 g/mol. The molecule has 254 valence electrons. The maximum Gasteiger partial charge on any atom is 0.330 e. The third kappa shape index (κ3) is 10.1. The van der Waals surface area contributed by atoms with Gasteiger partial charge in [0.05, 0.1) is 19.6 Å². The van der Waals surface area contributed by atoms with Gasteiger partial charge in [0.2, 0.25) is 11.7 Å². The van der Waals surface area contributed by atoms with Gasteiger partial charge >= 0.3 is 11.9 Å². The summed E-state index contributed by atoms with van der Waals surface area (Å²) in [5.74, 6) is -2.04. The molecular weight excluding hydrogens is 606 g/mol. The number of hydrogen-bond acceptors (Lipinski definition) is 10. The Morgan fingerprint density at radius 1 is 1.09 bits per heavy atom. The maximum absolute atomic E-state index is 13.8. The van der Waals surface area contributed by atoms with Gasteiger partial charge in [0, 0.05) is 37.8 Å². The van der Waals surface area contributed by atoms with Gasteiger partial charge in [-0.3, -0.25) is 14.4 Å². The van der Waals surface area contributed by atoms with E-state index < -0.39 is 41.2 Å². The Labute approximate surface area is 275 Å². The van der Waals surface area contributed by atoms with E-state index in [9.17, 15) is 24.0 Å². The van der Waals surface area contributed by atoms with Crippen molar-refractivity contribution in [3.63, 3.8) is 0 Å². The highest BCUT2D eigenvalue weighted by Gasteiger charge is 2.42. The second kappa shape index (κ2) is 17.3. The van der Waals surface area contributed by atoms with E-state index in [-0.39, 0.29) is 25.6 Å². The van der Waals surface area contributed by atoms with E-state index in [1.807, 2.05) is 19.1 Å². The molecule has 2 aromatic rings. The van der Waals surface area contributed by atoms with Crippen LogP contribution >= 0.6 is 0 Å². The van der Waals surface area contributed by atoms with E-state index in [1.165, 1.54) is 18.7 Å². The van der Waals surface area contributed by atoms with Crippen molar-refractivity contribution < 1.29 is 42.9 Å². The Hall–Kier alpha value is -4.71. The molecule has 2 atom stereocenters. The van der Waals surface area contributed by atoms with Crippen molar-refractivity contribution in [2.75, 3.05) is 45.8 Å². The summed E-state index contributed by atoms with van der Waals surface area (Å²) >= 11 is 0. The van der Waals surface area contributed by atoms with Crippen LogP contribution in [0.1, 0.15) is 57.3 Å². The number of carbonyl (C=O) groups is 5. The minimum absolute atomic E-state index is 0.0826. The fourth-order valence-corrected chi connectivity index (χ4v) is 5.07. The molecule has 0 aliphatic carbocycles. The quantitative estimate of drug-likeness (QED) is 0.156. The Bertz CT molecular complexity index is 1460. The van der Waals surface area contributed by atoms with Crippen molar-refractivity contribution in [3.8, 4) is 11.5 Å². The number of benzene rings is 2. The Morgan fingerprint density at radius 3 is 2.51 bits per heavy atom. The Balaban J connectivity index is 1.86. The molecule has 0 saturated carbocycles. The molecule has 0 spiro atoms. The lowest BCUT2D eigenvalue weighted by Gasteiger charge is -2.36. The number of anilines is 1. The highest BCUT2D eigenvalue weighted by molar-refractivity contribution is 6.38. The molecule has 12 heteroatoms. The third-order valence-corrected chi connectivity index (χ3v) is 7.75. The van der Waals surface area contributed by atoms with Gasteiger partial charge < -0.3 is 34.5 Å². The molecule has 0 bridgehead atoms. The van der Waals surface area contributed by atoms with E-state index in [4.69, 9.17) is 18.9 Å². The minimum Gasteiger partial charge on any atom is -0.493 e. The smallest absolute Gasteiger partial charge is 0.330 e. The topological polar surface area (TPSA) is 150 Å². The monoisotopic (exact) mass is 651 g/mol. The van der Waals surface area contributed by atoms with Crippen LogP contribution in [0.3, 0.4) is 0 Å². The number of methoxy groups -OCH3 is 2. The summed E-state index contributed by atoms with van der Waals surface area (Å²) in [6.45, 7) is 8.47. The summed E-state index contributed by atoms with van der Waals surface area (Å²) in [6, 6.07) is 11.6. The summed E-state index contributed by atoms with van der Waals surface area (Å²) in [7, 11) is 3.11. The van der Waals surface area contributed by atoms with Crippen LogP contribution in [-0.2, 0) is 39.9 Å². The normalized spacial score (nSPS) is 15.2. The number of rotatable bonds is 16. The molecular formula is C35H45N3O9. The summed E-state index contributed by atoms with van der Waals surface area (Å²) in [6.07, 6.45) is 2.13. The van der Waals surface area contributed by atoms with Crippen molar-refractivity contribution in [1.82, 2.24) is 10.2 Å². The van der Waals surface area contributed by atoms with E-state index in [2.05, 4.69) is 17.2 Å². The predicted octanol–water partition coefficient (Wildman–Crippen LogP) is 3.78. The first kappa shape index (κ1) is 36.8. The van der Waals surface area contributed by atoms with E-state index >= 15 is 0 Å². The zero-order valence-corrected chi connectivity index (χ0v) is 27.8. The van der Waals surface area contributed by atoms with Crippen LogP contribution in [0, 0.1) is 5.41 Å². The van der Waals surface area contributed by atoms with Crippen molar-refractivity contribution in [3.05, 3.63) is 66.2 Å². The largest absolute Gasteiger partial charge is 0.493 e. The second-order valence-corrected chi connectivity index (χ2v) is 11.8. The van der Waals surface area contributed by atoms with E-state index in [0.29, 0.717) is 55.0 Å². The molecule has 2 amide bonds. The van der Waals surface area contributed by atoms with Gasteiger partial charge in [-0.15, -0.1) is 0 Å². The second-order valence-electron chi connectivity index (χ2n) is 11.8. The van der Waals surface area contributed by atoms with E-state index in [0.717, 1.165) is 11.6 Å². The zero-order chi connectivity index (χ0) is 34.6. The maximum atomic E-state index is 13.8. The third-order valence-electron chi connectivity index (χ3n) is 7.75. The number of nitrogens with one attached hydrogen (secondary N) is 2. The summed E-state index contributed by atoms with van der Waals surface area (Å²) in [5, 5.41) is 5.98. The van der Waals surface area contributed by atoms with Crippen LogP contribution in [-0.4, -0.2) is 80.9 Å². The molecule has 1 saturated heterocycles. The van der Waals surface area contributed by atoms with Gasteiger partial charge in [-0.2, -0.15) is 0 Å². The van der Waals surface area contributed by atoms with E-state index in [1.54, 1.807) is 44.6 Å². The number of nitrogens with zero attached hydrogens (tertiary/aromatic N) is 1. The van der Waals surface area contributed by atoms with Gasteiger partial charge in [0.1, 0.15) is 18.8 Å². The molecule has 0 aromatic heterocycles. The lowest BCUT2D eigenvalue weighted by atomic mass is 9.88. The number of Topliss-reactive ketones (excluding diaryl/α,β-unsaturated/α-hetero) is 1. The number of amides is 2. The first-order chi connectivity index (χ1) is 22.4. The van der Waals surface area contributed by atoms with Crippen molar-refractivity contribution in [1.29, 1.82) is 0 Å². The number of carbonyl (C=O) groups excluding carboxylic acids is 5. The van der Waals surface area contributed by atoms with Gasteiger partial charge in [-0.1, -0.05) is 31.7 Å². The van der Waals surface area contributed by atoms with Crippen LogP contribution < -0.4 is 20.1 Å². The fraction of sp³-hybridized carbons (Fsp3) is 0.457. The lowest BCUT2D eigenvalue weighted by molar-refractivity contribution is -0.164. The number of esters is 2. The number of ether oxygens (including phenoxy) is 4. The summed E-state index contributed by atoms with van der Waals surface area (Å²) < 4.78 is 21.9.